The summed E-state index contributed by atoms with van der Waals surface area (Å²) in [5.74, 6) is 6.61. The average molecular weight is 376 g/mol. The van der Waals surface area contributed by atoms with Crippen LogP contribution in [0.4, 0.5) is 0 Å². The Kier molecular flexibility index (Phi) is 6.09. The molecule has 118 valence electrons. The van der Waals surface area contributed by atoms with Crippen LogP contribution < -0.4 is 11.3 Å². The summed E-state index contributed by atoms with van der Waals surface area (Å²) in [5.41, 5.74) is 3.87. The molecule has 0 saturated heterocycles. The second-order valence-electron chi connectivity index (χ2n) is 6.11. The third-order valence-electron chi connectivity index (χ3n) is 4.80. The normalized spacial score (nSPS) is 27.6. The Morgan fingerprint density at radius 1 is 1.48 bits per heavy atom. The Balaban J connectivity index is 2.17. The largest absolute Gasteiger partial charge is 0.377 e. The van der Waals surface area contributed by atoms with E-state index in [0.717, 1.165) is 40.2 Å². The van der Waals surface area contributed by atoms with Gasteiger partial charge in [-0.2, -0.15) is 0 Å². The average Bonchev–Trinajstić information content (AvgIpc) is 2.48. The predicted molar refractivity (Wildman–Crippen MR) is 91.3 cm³/mol. The standard InChI is InChI=1S/C16H24BrClN2O/c1-11-5-7-16(21-2,8-6-11)15(20-19)9-12-3-4-13(17)10-14(12)18/h3-4,10-11,15,20H,5-9,19H2,1-2H3. The van der Waals surface area contributed by atoms with Crippen LogP contribution in [0.15, 0.2) is 22.7 Å². The monoisotopic (exact) mass is 374 g/mol. The third kappa shape index (κ3) is 3.99. The molecule has 1 unspecified atom stereocenters. The van der Waals surface area contributed by atoms with E-state index in [2.05, 4.69) is 28.3 Å². The van der Waals surface area contributed by atoms with Crippen molar-refractivity contribution in [2.24, 2.45) is 11.8 Å². The minimum Gasteiger partial charge on any atom is -0.377 e. The Morgan fingerprint density at radius 2 is 2.14 bits per heavy atom. The van der Waals surface area contributed by atoms with Crippen molar-refractivity contribution in [1.82, 2.24) is 5.43 Å². The van der Waals surface area contributed by atoms with Crippen LogP contribution in [0.1, 0.15) is 38.2 Å². The summed E-state index contributed by atoms with van der Waals surface area (Å²) in [7, 11) is 1.80. The van der Waals surface area contributed by atoms with Gasteiger partial charge in [0.15, 0.2) is 0 Å². The molecule has 1 fully saturated rings. The van der Waals surface area contributed by atoms with Crippen molar-refractivity contribution in [3.8, 4) is 0 Å². The fourth-order valence-electron chi connectivity index (χ4n) is 3.25. The fourth-order valence-corrected chi connectivity index (χ4v) is 4.00. The first-order valence-electron chi connectivity index (χ1n) is 7.46. The van der Waals surface area contributed by atoms with Gasteiger partial charge in [0, 0.05) is 16.6 Å². The predicted octanol–water partition coefficient (Wildman–Crippen LogP) is 4.07. The van der Waals surface area contributed by atoms with Gasteiger partial charge in [0.1, 0.15) is 0 Å². The first kappa shape index (κ1) is 17.2. The maximum Gasteiger partial charge on any atom is 0.0847 e. The van der Waals surface area contributed by atoms with Gasteiger partial charge in [0.25, 0.3) is 0 Å². The van der Waals surface area contributed by atoms with Crippen molar-refractivity contribution < 1.29 is 4.74 Å². The van der Waals surface area contributed by atoms with Crippen molar-refractivity contribution in [3.05, 3.63) is 33.3 Å². The number of nitrogens with one attached hydrogen (secondary N) is 1. The molecule has 1 aliphatic carbocycles. The van der Waals surface area contributed by atoms with Gasteiger partial charge in [-0.1, -0.05) is 40.5 Å². The van der Waals surface area contributed by atoms with Crippen LogP contribution in [0.2, 0.25) is 5.02 Å². The number of hydrogen-bond donors (Lipinski definition) is 2. The Bertz CT molecular complexity index is 475. The minimum atomic E-state index is -0.197. The molecule has 1 aliphatic rings. The Labute approximate surface area is 140 Å². The lowest BCUT2D eigenvalue weighted by Gasteiger charge is -2.44. The summed E-state index contributed by atoms with van der Waals surface area (Å²) in [6.07, 6.45) is 5.20. The van der Waals surface area contributed by atoms with Crippen molar-refractivity contribution in [3.63, 3.8) is 0 Å². The molecular weight excluding hydrogens is 352 g/mol. The van der Waals surface area contributed by atoms with Crippen molar-refractivity contribution in [1.29, 1.82) is 0 Å². The van der Waals surface area contributed by atoms with Gasteiger partial charge >= 0.3 is 0 Å². The smallest absolute Gasteiger partial charge is 0.0847 e. The van der Waals surface area contributed by atoms with Crippen LogP contribution in [-0.4, -0.2) is 18.8 Å². The molecule has 0 radical (unpaired) electrons. The molecule has 1 aromatic rings. The number of benzene rings is 1. The highest BCUT2D eigenvalue weighted by Crippen LogP contribution is 2.38. The molecule has 21 heavy (non-hydrogen) atoms. The molecular formula is C16H24BrClN2O. The van der Waals surface area contributed by atoms with E-state index >= 15 is 0 Å². The molecule has 0 bridgehead atoms. The number of rotatable bonds is 5. The van der Waals surface area contributed by atoms with E-state index in [4.69, 9.17) is 22.2 Å². The van der Waals surface area contributed by atoms with E-state index < -0.39 is 0 Å². The van der Waals surface area contributed by atoms with Gasteiger partial charge in [-0.15, -0.1) is 0 Å². The molecule has 0 spiro atoms. The number of nitrogens with two attached hydrogens (primary N) is 1. The molecule has 3 nitrogen and oxygen atoms in total. The van der Waals surface area contributed by atoms with Gasteiger partial charge in [0.05, 0.1) is 11.6 Å². The lowest BCUT2D eigenvalue weighted by atomic mass is 9.74. The highest BCUT2D eigenvalue weighted by atomic mass is 79.9. The van der Waals surface area contributed by atoms with E-state index in [9.17, 15) is 0 Å². The van der Waals surface area contributed by atoms with Gasteiger partial charge in [0.2, 0.25) is 0 Å². The lowest BCUT2D eigenvalue weighted by molar-refractivity contribution is -0.0746. The van der Waals surface area contributed by atoms with Crippen LogP contribution in [-0.2, 0) is 11.2 Å². The second-order valence-corrected chi connectivity index (χ2v) is 7.43. The van der Waals surface area contributed by atoms with Crippen LogP contribution in [0.5, 0.6) is 0 Å². The van der Waals surface area contributed by atoms with E-state index in [0.29, 0.717) is 0 Å². The molecule has 1 saturated carbocycles. The molecule has 0 amide bonds. The van der Waals surface area contributed by atoms with Crippen molar-refractivity contribution in [2.75, 3.05) is 7.11 Å². The summed E-state index contributed by atoms with van der Waals surface area (Å²) in [6.45, 7) is 2.30. The molecule has 0 aliphatic heterocycles. The zero-order chi connectivity index (χ0) is 15.5. The quantitative estimate of drug-likeness (QED) is 0.602. The Hall–Kier alpha value is -0.130. The maximum absolute atomic E-state index is 6.34. The molecule has 1 atom stereocenters. The summed E-state index contributed by atoms with van der Waals surface area (Å²) < 4.78 is 6.91. The lowest BCUT2D eigenvalue weighted by Crippen LogP contribution is -2.57. The summed E-state index contributed by atoms with van der Waals surface area (Å²) in [5, 5.41) is 0.764. The third-order valence-corrected chi connectivity index (χ3v) is 5.65. The van der Waals surface area contributed by atoms with Crippen LogP contribution in [0, 0.1) is 5.92 Å². The second kappa shape index (κ2) is 7.42. The van der Waals surface area contributed by atoms with Crippen LogP contribution in [0.3, 0.4) is 0 Å². The highest BCUT2D eigenvalue weighted by molar-refractivity contribution is 9.10. The highest BCUT2D eigenvalue weighted by Gasteiger charge is 2.41. The minimum absolute atomic E-state index is 0.0636. The fraction of sp³-hybridized carbons (Fsp3) is 0.625. The molecule has 2 rings (SSSR count). The van der Waals surface area contributed by atoms with E-state index in [1.54, 1.807) is 7.11 Å². The molecule has 0 aromatic heterocycles. The van der Waals surface area contributed by atoms with E-state index in [1.807, 2.05) is 18.2 Å². The number of methoxy groups -OCH3 is 1. The Morgan fingerprint density at radius 3 is 2.67 bits per heavy atom. The zero-order valence-electron chi connectivity index (χ0n) is 12.7. The summed E-state index contributed by atoms with van der Waals surface area (Å²) in [4.78, 5) is 0. The van der Waals surface area contributed by atoms with Crippen LogP contribution >= 0.6 is 27.5 Å². The van der Waals surface area contributed by atoms with Crippen LogP contribution in [0.25, 0.3) is 0 Å². The number of halogens is 2. The van der Waals surface area contributed by atoms with E-state index in [-0.39, 0.29) is 11.6 Å². The summed E-state index contributed by atoms with van der Waals surface area (Å²) in [6, 6.07) is 6.05. The van der Waals surface area contributed by atoms with Gasteiger partial charge in [-0.05, 0) is 55.7 Å². The van der Waals surface area contributed by atoms with Crippen molar-refractivity contribution in [2.45, 2.75) is 50.7 Å². The molecule has 5 heteroatoms. The maximum atomic E-state index is 6.34. The first-order chi connectivity index (χ1) is 10.0. The summed E-state index contributed by atoms with van der Waals surface area (Å²) >= 11 is 9.78. The number of hydrazine groups is 1. The topological polar surface area (TPSA) is 47.3 Å². The molecule has 1 aromatic carbocycles. The van der Waals surface area contributed by atoms with Gasteiger partial charge in [-0.25, -0.2) is 0 Å². The van der Waals surface area contributed by atoms with Gasteiger partial charge < -0.3 is 4.74 Å². The number of ether oxygens (including phenoxy) is 1. The molecule has 0 heterocycles. The zero-order valence-corrected chi connectivity index (χ0v) is 15.0. The first-order valence-corrected chi connectivity index (χ1v) is 8.63. The SMILES string of the molecule is COC1(C(Cc2ccc(Br)cc2Cl)NN)CCC(C)CC1. The van der Waals surface area contributed by atoms with Gasteiger partial charge in [-0.3, -0.25) is 11.3 Å². The van der Waals surface area contributed by atoms with E-state index in [1.165, 1.54) is 12.8 Å². The number of hydrogen-bond acceptors (Lipinski definition) is 3. The van der Waals surface area contributed by atoms with Crippen molar-refractivity contribution >= 4 is 27.5 Å². The molecule has 3 N–H and O–H groups in total.